The molecule has 1 aliphatic carbocycles. The van der Waals surface area contributed by atoms with E-state index in [2.05, 4.69) is 27.7 Å². The summed E-state index contributed by atoms with van der Waals surface area (Å²) in [6.45, 7) is 9.21. The molecule has 86 valence electrons. The highest BCUT2D eigenvalue weighted by Gasteiger charge is 2.17. The Morgan fingerprint density at radius 1 is 1.20 bits per heavy atom. The van der Waals surface area contributed by atoms with Gasteiger partial charge in [0.15, 0.2) is 5.78 Å². The maximum atomic E-state index is 11.1. The number of hydrogen-bond donors (Lipinski definition) is 0. The molecule has 1 rings (SSSR count). The molecule has 0 aliphatic heterocycles. The zero-order chi connectivity index (χ0) is 11.4. The van der Waals surface area contributed by atoms with Crippen LogP contribution in [-0.2, 0) is 4.79 Å². The van der Waals surface area contributed by atoms with Gasteiger partial charge in [-0.2, -0.15) is 0 Å². The predicted molar refractivity (Wildman–Crippen MR) is 64.7 cm³/mol. The van der Waals surface area contributed by atoms with Gasteiger partial charge in [0.1, 0.15) is 0 Å². The van der Waals surface area contributed by atoms with Gasteiger partial charge in [0.25, 0.3) is 0 Å². The van der Waals surface area contributed by atoms with Crippen LogP contribution in [0.4, 0.5) is 0 Å². The van der Waals surface area contributed by atoms with Crippen LogP contribution < -0.4 is 0 Å². The van der Waals surface area contributed by atoms with Crippen molar-refractivity contribution >= 4 is 5.78 Å². The van der Waals surface area contributed by atoms with E-state index in [4.69, 9.17) is 0 Å². The van der Waals surface area contributed by atoms with Crippen LogP contribution in [0.2, 0.25) is 0 Å². The van der Waals surface area contributed by atoms with Crippen molar-refractivity contribution in [2.75, 3.05) is 0 Å². The standard InChI is InChI=1S/C14H24O/c1-10(2)12(4)7-11(3)8-13-5-6-14(15)9-13/h9-12H,5-8H2,1-4H3. The molecule has 2 unspecified atom stereocenters. The Labute approximate surface area is 93.9 Å². The Balaban J connectivity index is 2.33. The van der Waals surface area contributed by atoms with E-state index in [0.29, 0.717) is 5.78 Å². The molecule has 0 aromatic rings. The Bertz CT molecular complexity index is 250. The third kappa shape index (κ3) is 4.19. The third-order valence-corrected chi connectivity index (χ3v) is 3.58. The van der Waals surface area contributed by atoms with Crippen LogP contribution >= 0.6 is 0 Å². The van der Waals surface area contributed by atoms with Crippen LogP contribution in [0.1, 0.15) is 53.4 Å². The molecule has 15 heavy (non-hydrogen) atoms. The summed E-state index contributed by atoms with van der Waals surface area (Å²) < 4.78 is 0. The average Bonchev–Trinajstić information content (AvgIpc) is 2.50. The molecule has 0 heterocycles. The lowest BCUT2D eigenvalue weighted by molar-refractivity contribution is -0.114. The Morgan fingerprint density at radius 3 is 2.33 bits per heavy atom. The van der Waals surface area contributed by atoms with E-state index in [1.807, 2.05) is 6.08 Å². The summed E-state index contributed by atoms with van der Waals surface area (Å²) in [6, 6.07) is 0. The number of hydrogen-bond acceptors (Lipinski definition) is 1. The summed E-state index contributed by atoms with van der Waals surface area (Å²) in [6.07, 6.45) is 6.05. The number of rotatable bonds is 5. The van der Waals surface area contributed by atoms with E-state index in [9.17, 15) is 4.79 Å². The van der Waals surface area contributed by atoms with Crippen LogP contribution in [-0.4, -0.2) is 5.78 Å². The lowest BCUT2D eigenvalue weighted by Crippen LogP contribution is -2.09. The van der Waals surface area contributed by atoms with Crippen LogP contribution in [0.3, 0.4) is 0 Å². The predicted octanol–water partition coefficient (Wildman–Crippen LogP) is 3.98. The highest BCUT2D eigenvalue weighted by molar-refractivity contribution is 5.92. The van der Waals surface area contributed by atoms with Gasteiger partial charge in [-0.05, 0) is 43.1 Å². The smallest absolute Gasteiger partial charge is 0.155 e. The SMILES string of the molecule is CC(CC1=CC(=O)CC1)CC(C)C(C)C. The summed E-state index contributed by atoms with van der Waals surface area (Å²) in [5.74, 6) is 2.61. The maximum absolute atomic E-state index is 11.1. The number of ketones is 1. The highest BCUT2D eigenvalue weighted by atomic mass is 16.1. The maximum Gasteiger partial charge on any atom is 0.155 e. The first-order chi connectivity index (χ1) is 6.99. The second-order valence-corrected chi connectivity index (χ2v) is 5.54. The molecular formula is C14H24O. The Kier molecular flexibility index (Phi) is 4.56. The largest absolute Gasteiger partial charge is 0.295 e. The van der Waals surface area contributed by atoms with Gasteiger partial charge >= 0.3 is 0 Å². The minimum Gasteiger partial charge on any atom is -0.295 e. The van der Waals surface area contributed by atoms with Gasteiger partial charge in [0.05, 0.1) is 0 Å². The van der Waals surface area contributed by atoms with Gasteiger partial charge in [-0.1, -0.05) is 33.3 Å². The third-order valence-electron chi connectivity index (χ3n) is 3.58. The van der Waals surface area contributed by atoms with Crippen LogP contribution in [0, 0.1) is 17.8 Å². The van der Waals surface area contributed by atoms with Gasteiger partial charge in [-0.3, -0.25) is 4.79 Å². The van der Waals surface area contributed by atoms with Crippen LogP contribution in [0.5, 0.6) is 0 Å². The molecule has 2 atom stereocenters. The number of carbonyl (C=O) groups excluding carboxylic acids is 1. The average molecular weight is 208 g/mol. The molecule has 0 saturated heterocycles. The van der Waals surface area contributed by atoms with E-state index in [1.165, 1.54) is 12.0 Å². The highest BCUT2D eigenvalue weighted by Crippen LogP contribution is 2.27. The molecule has 0 saturated carbocycles. The fourth-order valence-corrected chi connectivity index (χ4v) is 2.25. The first-order valence-corrected chi connectivity index (χ1v) is 6.21. The summed E-state index contributed by atoms with van der Waals surface area (Å²) >= 11 is 0. The topological polar surface area (TPSA) is 17.1 Å². The van der Waals surface area contributed by atoms with Gasteiger partial charge in [-0.15, -0.1) is 0 Å². The zero-order valence-corrected chi connectivity index (χ0v) is 10.5. The molecular weight excluding hydrogens is 184 g/mol. The molecule has 1 heteroatoms. The van der Waals surface area contributed by atoms with E-state index >= 15 is 0 Å². The van der Waals surface area contributed by atoms with Crippen molar-refractivity contribution < 1.29 is 4.79 Å². The van der Waals surface area contributed by atoms with E-state index in [1.54, 1.807) is 0 Å². The van der Waals surface area contributed by atoms with Crippen molar-refractivity contribution in [3.63, 3.8) is 0 Å². The molecule has 0 radical (unpaired) electrons. The summed E-state index contributed by atoms with van der Waals surface area (Å²) in [5.41, 5.74) is 1.38. The van der Waals surface area contributed by atoms with Gasteiger partial charge < -0.3 is 0 Å². The molecule has 0 bridgehead atoms. The molecule has 1 nitrogen and oxygen atoms in total. The van der Waals surface area contributed by atoms with Crippen molar-refractivity contribution in [1.82, 2.24) is 0 Å². The summed E-state index contributed by atoms with van der Waals surface area (Å²) in [4.78, 5) is 11.1. The Morgan fingerprint density at radius 2 is 1.87 bits per heavy atom. The lowest BCUT2D eigenvalue weighted by atomic mass is 9.86. The van der Waals surface area contributed by atoms with Gasteiger partial charge in [0, 0.05) is 6.42 Å². The van der Waals surface area contributed by atoms with E-state index < -0.39 is 0 Å². The molecule has 0 aromatic heterocycles. The summed E-state index contributed by atoms with van der Waals surface area (Å²) in [5, 5.41) is 0. The van der Waals surface area contributed by atoms with Crippen molar-refractivity contribution in [1.29, 1.82) is 0 Å². The second kappa shape index (κ2) is 5.48. The molecule has 0 N–H and O–H groups in total. The first kappa shape index (κ1) is 12.5. The molecule has 0 aromatic carbocycles. The fourth-order valence-electron chi connectivity index (χ4n) is 2.25. The second-order valence-electron chi connectivity index (χ2n) is 5.54. The van der Waals surface area contributed by atoms with Gasteiger partial charge in [-0.25, -0.2) is 0 Å². The van der Waals surface area contributed by atoms with Crippen molar-refractivity contribution in [3.05, 3.63) is 11.6 Å². The summed E-state index contributed by atoms with van der Waals surface area (Å²) in [7, 11) is 0. The Hall–Kier alpha value is -0.590. The van der Waals surface area contributed by atoms with Crippen molar-refractivity contribution in [3.8, 4) is 0 Å². The van der Waals surface area contributed by atoms with Gasteiger partial charge in [0.2, 0.25) is 0 Å². The normalized spacial score (nSPS) is 20.6. The van der Waals surface area contributed by atoms with Crippen molar-refractivity contribution in [2.24, 2.45) is 17.8 Å². The zero-order valence-electron chi connectivity index (χ0n) is 10.5. The lowest BCUT2D eigenvalue weighted by Gasteiger charge is -2.20. The fraction of sp³-hybridized carbons (Fsp3) is 0.786. The van der Waals surface area contributed by atoms with Crippen LogP contribution in [0.15, 0.2) is 11.6 Å². The van der Waals surface area contributed by atoms with Crippen LogP contribution in [0.25, 0.3) is 0 Å². The van der Waals surface area contributed by atoms with Crippen molar-refractivity contribution in [2.45, 2.75) is 53.4 Å². The molecule has 0 amide bonds. The first-order valence-electron chi connectivity index (χ1n) is 6.21. The molecule has 0 spiro atoms. The monoisotopic (exact) mass is 208 g/mol. The number of allylic oxidation sites excluding steroid dienone is 2. The quantitative estimate of drug-likeness (QED) is 0.668. The number of carbonyl (C=O) groups is 1. The van der Waals surface area contributed by atoms with E-state index in [0.717, 1.165) is 37.0 Å². The molecule has 0 fully saturated rings. The van der Waals surface area contributed by atoms with E-state index in [-0.39, 0.29) is 0 Å². The minimum absolute atomic E-state index is 0.328. The molecule has 1 aliphatic rings. The minimum atomic E-state index is 0.328.